The van der Waals surface area contributed by atoms with Crippen LogP contribution in [0.5, 0.6) is 0 Å². The Kier molecular flexibility index (Phi) is 1.96. The lowest BCUT2D eigenvalue weighted by Gasteiger charge is -1.90. The maximum absolute atomic E-state index is 5.01. The van der Waals surface area contributed by atoms with E-state index in [1.807, 2.05) is 6.92 Å². The highest BCUT2D eigenvalue weighted by Gasteiger charge is 1.95. The van der Waals surface area contributed by atoms with Gasteiger partial charge in [-0.2, -0.15) is 0 Å². The smallest absolute Gasteiger partial charge is 0.170 e. The van der Waals surface area contributed by atoms with Crippen molar-refractivity contribution in [3.8, 4) is 12.3 Å². The number of aryl methyl sites for hydroxylation is 1. The first-order chi connectivity index (χ1) is 4.83. The summed E-state index contributed by atoms with van der Waals surface area (Å²) in [6, 6.07) is 1.79. The molecule has 0 atom stereocenters. The van der Waals surface area contributed by atoms with E-state index >= 15 is 0 Å². The highest BCUT2D eigenvalue weighted by molar-refractivity contribution is 5.34. The summed E-state index contributed by atoms with van der Waals surface area (Å²) in [4.78, 5) is 0. The molecule has 0 bridgehead atoms. The van der Waals surface area contributed by atoms with Gasteiger partial charge < -0.3 is 9.84 Å². The minimum atomic E-state index is 0.478. The van der Waals surface area contributed by atoms with E-state index in [1.165, 1.54) is 0 Å². The minimum absolute atomic E-state index is 0.478. The fourth-order valence-corrected chi connectivity index (χ4v) is 0.591. The van der Waals surface area contributed by atoms with Crippen LogP contribution in [0, 0.1) is 19.3 Å². The first kappa shape index (κ1) is 6.69. The van der Waals surface area contributed by atoms with Crippen molar-refractivity contribution in [2.45, 2.75) is 6.92 Å². The molecule has 3 nitrogen and oxygen atoms in total. The monoisotopic (exact) mass is 136 g/mol. The highest BCUT2D eigenvalue weighted by Crippen LogP contribution is 2.05. The summed E-state index contributed by atoms with van der Waals surface area (Å²) in [5.41, 5.74) is 0. The highest BCUT2D eigenvalue weighted by atomic mass is 16.5. The zero-order valence-corrected chi connectivity index (χ0v) is 5.72. The molecule has 0 unspecified atom stereocenters. The van der Waals surface area contributed by atoms with Crippen molar-refractivity contribution >= 4 is 5.82 Å². The van der Waals surface area contributed by atoms with Gasteiger partial charge in [0.2, 0.25) is 0 Å². The average molecular weight is 136 g/mol. The van der Waals surface area contributed by atoms with E-state index in [1.54, 1.807) is 6.07 Å². The van der Waals surface area contributed by atoms with Gasteiger partial charge in [0, 0.05) is 6.07 Å². The van der Waals surface area contributed by atoms with Crippen molar-refractivity contribution in [2.24, 2.45) is 0 Å². The van der Waals surface area contributed by atoms with Gasteiger partial charge >= 0.3 is 0 Å². The molecule has 1 heterocycles. The van der Waals surface area contributed by atoms with E-state index in [2.05, 4.69) is 16.4 Å². The molecule has 0 aliphatic heterocycles. The molecule has 0 aliphatic carbocycles. The summed E-state index contributed by atoms with van der Waals surface area (Å²) in [5, 5.41) is 6.55. The maximum Gasteiger partial charge on any atom is 0.170 e. The van der Waals surface area contributed by atoms with E-state index in [0.29, 0.717) is 12.4 Å². The first-order valence-corrected chi connectivity index (χ1v) is 2.93. The molecule has 0 amide bonds. The van der Waals surface area contributed by atoms with Crippen LogP contribution in [-0.4, -0.2) is 11.7 Å². The van der Waals surface area contributed by atoms with Crippen LogP contribution in [0.15, 0.2) is 10.6 Å². The van der Waals surface area contributed by atoms with Crippen molar-refractivity contribution in [2.75, 3.05) is 11.9 Å². The van der Waals surface area contributed by atoms with E-state index < -0.39 is 0 Å². The van der Waals surface area contributed by atoms with Crippen molar-refractivity contribution in [3.63, 3.8) is 0 Å². The predicted octanol–water partition coefficient (Wildman–Crippen LogP) is 1.03. The Bertz CT molecular complexity index is 246. The van der Waals surface area contributed by atoms with Gasteiger partial charge in [-0.1, -0.05) is 11.1 Å². The summed E-state index contributed by atoms with van der Waals surface area (Å²) >= 11 is 0. The molecule has 1 aromatic heterocycles. The van der Waals surface area contributed by atoms with Crippen LogP contribution in [0.4, 0.5) is 5.82 Å². The molecule has 0 aromatic carbocycles. The van der Waals surface area contributed by atoms with Crippen LogP contribution >= 0.6 is 0 Å². The summed E-state index contributed by atoms with van der Waals surface area (Å²) in [6.07, 6.45) is 5.01. The maximum atomic E-state index is 5.01. The molecule has 3 heteroatoms. The van der Waals surface area contributed by atoms with Crippen LogP contribution in [0.3, 0.4) is 0 Å². The number of nitrogens with zero attached hydrogens (tertiary/aromatic N) is 1. The molecular formula is C7H8N2O. The Morgan fingerprint density at radius 1 is 1.90 bits per heavy atom. The number of aromatic nitrogens is 1. The molecule has 1 aromatic rings. The Morgan fingerprint density at radius 3 is 3.20 bits per heavy atom. The molecule has 1 N–H and O–H groups in total. The topological polar surface area (TPSA) is 38.1 Å². The van der Waals surface area contributed by atoms with Gasteiger partial charge in [0.15, 0.2) is 5.82 Å². The van der Waals surface area contributed by atoms with Gasteiger partial charge in [0.1, 0.15) is 5.76 Å². The van der Waals surface area contributed by atoms with E-state index in [9.17, 15) is 0 Å². The number of anilines is 1. The normalized spacial score (nSPS) is 8.80. The van der Waals surface area contributed by atoms with Gasteiger partial charge in [-0.05, 0) is 6.92 Å². The van der Waals surface area contributed by atoms with Crippen molar-refractivity contribution < 1.29 is 4.52 Å². The molecule has 52 valence electrons. The molecule has 0 saturated heterocycles. The standard InChI is InChI=1S/C7H8N2O/c1-3-4-8-7-5-6(2)10-9-7/h1,5H,4H2,2H3,(H,8,9). The number of hydrogen-bond donors (Lipinski definition) is 1. The molecular weight excluding hydrogens is 128 g/mol. The van der Waals surface area contributed by atoms with Crippen LogP contribution in [0.25, 0.3) is 0 Å². The van der Waals surface area contributed by atoms with Crippen molar-refractivity contribution in [3.05, 3.63) is 11.8 Å². The van der Waals surface area contributed by atoms with Gasteiger partial charge in [0.05, 0.1) is 6.54 Å². The summed E-state index contributed by atoms with van der Waals surface area (Å²) in [6.45, 7) is 2.31. The van der Waals surface area contributed by atoms with Gasteiger partial charge in [-0.3, -0.25) is 0 Å². The van der Waals surface area contributed by atoms with E-state index in [0.717, 1.165) is 5.76 Å². The molecule has 0 fully saturated rings. The fraction of sp³-hybridized carbons (Fsp3) is 0.286. The van der Waals surface area contributed by atoms with Crippen LogP contribution in [0.2, 0.25) is 0 Å². The first-order valence-electron chi connectivity index (χ1n) is 2.93. The number of hydrogen-bond acceptors (Lipinski definition) is 3. The third-order valence-electron chi connectivity index (χ3n) is 1.000. The lowest BCUT2D eigenvalue weighted by atomic mass is 10.5. The van der Waals surface area contributed by atoms with Gasteiger partial charge in [-0.25, -0.2) is 0 Å². The third kappa shape index (κ3) is 1.52. The number of terminal acetylenes is 1. The minimum Gasteiger partial charge on any atom is -0.360 e. The van der Waals surface area contributed by atoms with Crippen molar-refractivity contribution in [1.29, 1.82) is 0 Å². The molecule has 0 saturated carbocycles. The second-order valence-corrected chi connectivity index (χ2v) is 1.88. The van der Waals surface area contributed by atoms with Crippen molar-refractivity contribution in [1.82, 2.24) is 5.16 Å². The zero-order valence-electron chi connectivity index (χ0n) is 5.72. The second kappa shape index (κ2) is 2.92. The second-order valence-electron chi connectivity index (χ2n) is 1.88. The van der Waals surface area contributed by atoms with Gasteiger partial charge in [0.25, 0.3) is 0 Å². The molecule has 1 rings (SSSR count). The molecule has 10 heavy (non-hydrogen) atoms. The van der Waals surface area contributed by atoms with Crippen LogP contribution < -0.4 is 5.32 Å². The zero-order chi connectivity index (χ0) is 7.40. The summed E-state index contributed by atoms with van der Waals surface area (Å²) in [7, 11) is 0. The molecule has 0 spiro atoms. The summed E-state index contributed by atoms with van der Waals surface area (Å²) in [5.74, 6) is 3.90. The lowest BCUT2D eigenvalue weighted by molar-refractivity contribution is 0.400. The van der Waals surface area contributed by atoms with Gasteiger partial charge in [-0.15, -0.1) is 6.42 Å². The van der Waals surface area contributed by atoms with Crippen LogP contribution in [-0.2, 0) is 0 Å². The van der Waals surface area contributed by atoms with E-state index in [-0.39, 0.29) is 0 Å². The lowest BCUT2D eigenvalue weighted by Crippen LogP contribution is -1.97. The fourth-order valence-electron chi connectivity index (χ4n) is 0.591. The Labute approximate surface area is 59.4 Å². The quantitative estimate of drug-likeness (QED) is 0.617. The average Bonchev–Trinajstić information content (AvgIpc) is 2.31. The molecule has 0 aliphatic rings. The largest absolute Gasteiger partial charge is 0.360 e. The number of rotatable bonds is 2. The molecule has 0 radical (unpaired) electrons. The third-order valence-corrected chi connectivity index (χ3v) is 1.000. The number of nitrogens with one attached hydrogen (secondary N) is 1. The van der Waals surface area contributed by atoms with E-state index in [4.69, 9.17) is 10.9 Å². The Hall–Kier alpha value is -1.43. The predicted molar refractivity (Wildman–Crippen MR) is 38.6 cm³/mol. The Morgan fingerprint density at radius 2 is 2.70 bits per heavy atom. The Balaban J connectivity index is 2.52. The summed E-state index contributed by atoms with van der Waals surface area (Å²) < 4.78 is 4.78. The van der Waals surface area contributed by atoms with Crippen LogP contribution in [0.1, 0.15) is 5.76 Å². The SMILES string of the molecule is C#CCNc1cc(C)on1.